The van der Waals surface area contributed by atoms with Crippen molar-refractivity contribution < 1.29 is 19.1 Å². The Morgan fingerprint density at radius 1 is 1.03 bits per heavy atom. The molecule has 4 aromatic rings. The van der Waals surface area contributed by atoms with Crippen LogP contribution >= 0.6 is 0 Å². The molecule has 1 heterocycles. The predicted molar refractivity (Wildman–Crippen MR) is 144 cm³/mol. The molecule has 2 amide bonds. The van der Waals surface area contributed by atoms with Crippen molar-refractivity contribution in [1.82, 2.24) is 15.0 Å². The van der Waals surface area contributed by atoms with Gasteiger partial charge in [0.2, 0.25) is 0 Å². The molecule has 190 valence electrons. The van der Waals surface area contributed by atoms with Gasteiger partial charge in [-0.25, -0.2) is 10.4 Å². The smallest absolute Gasteiger partial charge is 0.271 e. The molecular formula is C28H29N5O4. The number of nitrogens with zero attached hydrogens (tertiary/aromatic N) is 3. The maximum absolute atomic E-state index is 12.6. The summed E-state index contributed by atoms with van der Waals surface area (Å²) in [5, 5.41) is 6.84. The number of aromatic nitrogens is 2. The van der Waals surface area contributed by atoms with Crippen molar-refractivity contribution in [1.29, 1.82) is 0 Å². The first-order valence-electron chi connectivity index (χ1n) is 11.9. The van der Waals surface area contributed by atoms with Gasteiger partial charge in [-0.15, -0.1) is 0 Å². The van der Waals surface area contributed by atoms with Crippen LogP contribution in [0.15, 0.2) is 65.8 Å². The summed E-state index contributed by atoms with van der Waals surface area (Å²) in [6, 6.07) is 18.0. The summed E-state index contributed by atoms with van der Waals surface area (Å²) < 4.78 is 13.1. The van der Waals surface area contributed by atoms with E-state index < -0.39 is 0 Å². The first-order valence-corrected chi connectivity index (χ1v) is 11.9. The number of benzene rings is 3. The van der Waals surface area contributed by atoms with Gasteiger partial charge in [-0.2, -0.15) is 5.10 Å². The number of nitrogens with one attached hydrogen (secondary N) is 2. The minimum Gasteiger partial charge on any atom is -0.493 e. The van der Waals surface area contributed by atoms with Crippen LogP contribution in [0.3, 0.4) is 0 Å². The van der Waals surface area contributed by atoms with Crippen LogP contribution < -0.4 is 20.2 Å². The van der Waals surface area contributed by atoms with Crippen LogP contribution in [0.4, 0.5) is 5.69 Å². The third-order valence-corrected chi connectivity index (χ3v) is 5.78. The van der Waals surface area contributed by atoms with E-state index in [1.807, 2.05) is 44.2 Å². The van der Waals surface area contributed by atoms with Crippen LogP contribution in [0.5, 0.6) is 11.5 Å². The molecule has 1 aromatic heterocycles. The minimum absolute atomic E-state index is 0.173. The van der Waals surface area contributed by atoms with Crippen molar-refractivity contribution in [2.24, 2.45) is 5.10 Å². The van der Waals surface area contributed by atoms with Crippen molar-refractivity contribution in [2.45, 2.75) is 27.3 Å². The van der Waals surface area contributed by atoms with E-state index in [0.29, 0.717) is 28.3 Å². The summed E-state index contributed by atoms with van der Waals surface area (Å²) >= 11 is 0. The van der Waals surface area contributed by atoms with Gasteiger partial charge in [-0.3, -0.25) is 9.59 Å². The lowest BCUT2D eigenvalue weighted by atomic mass is 10.2. The Balaban J connectivity index is 1.35. The highest BCUT2D eigenvalue weighted by atomic mass is 16.5. The largest absolute Gasteiger partial charge is 0.493 e. The summed E-state index contributed by atoms with van der Waals surface area (Å²) in [5.41, 5.74) is 7.25. The van der Waals surface area contributed by atoms with E-state index in [1.165, 1.54) is 13.3 Å². The molecule has 3 aromatic carbocycles. The Labute approximate surface area is 215 Å². The van der Waals surface area contributed by atoms with Crippen LogP contribution in [0.1, 0.15) is 34.2 Å². The SMILES string of the molecule is CCn1c(C)nc2cc(C(=O)N/N=C\c3ccc(OCC(=O)Nc4ccc(C)cc4)c(OC)c3)ccc21. The maximum atomic E-state index is 12.6. The van der Waals surface area contributed by atoms with Gasteiger partial charge in [0, 0.05) is 17.8 Å². The third-order valence-electron chi connectivity index (χ3n) is 5.78. The summed E-state index contributed by atoms with van der Waals surface area (Å²) in [5.74, 6) is 1.13. The molecule has 0 aliphatic rings. The number of hydrogen-bond donors (Lipinski definition) is 2. The standard InChI is InChI=1S/C28H29N5O4/c1-5-33-19(3)30-23-15-21(9-12-24(23)33)28(35)32-29-16-20-8-13-25(26(14-20)36-4)37-17-27(34)31-22-10-6-18(2)7-11-22/h6-16H,5,17H2,1-4H3,(H,31,34)(H,32,35)/b29-16-. The first-order chi connectivity index (χ1) is 17.9. The molecule has 0 saturated heterocycles. The van der Waals surface area contributed by atoms with Crippen LogP contribution in [0.25, 0.3) is 11.0 Å². The molecule has 37 heavy (non-hydrogen) atoms. The quantitative estimate of drug-likeness (QED) is 0.261. The Morgan fingerprint density at radius 3 is 2.54 bits per heavy atom. The molecule has 0 aliphatic carbocycles. The molecule has 0 saturated carbocycles. The van der Waals surface area contributed by atoms with E-state index in [9.17, 15) is 9.59 Å². The monoisotopic (exact) mass is 499 g/mol. The summed E-state index contributed by atoms with van der Waals surface area (Å²) in [6.07, 6.45) is 1.50. The van der Waals surface area contributed by atoms with E-state index >= 15 is 0 Å². The lowest BCUT2D eigenvalue weighted by molar-refractivity contribution is -0.118. The van der Waals surface area contributed by atoms with Gasteiger partial charge in [-0.1, -0.05) is 17.7 Å². The van der Waals surface area contributed by atoms with Gasteiger partial charge in [0.1, 0.15) is 5.82 Å². The van der Waals surface area contributed by atoms with Gasteiger partial charge in [0.15, 0.2) is 18.1 Å². The minimum atomic E-state index is -0.339. The van der Waals surface area contributed by atoms with Crippen molar-refractivity contribution in [2.75, 3.05) is 19.0 Å². The first kappa shape index (κ1) is 25.4. The number of carbonyl (C=O) groups is 2. The summed E-state index contributed by atoms with van der Waals surface area (Å²) in [4.78, 5) is 29.3. The Morgan fingerprint density at radius 2 is 1.81 bits per heavy atom. The number of rotatable bonds is 9. The van der Waals surface area contributed by atoms with Crippen LogP contribution in [-0.4, -0.2) is 41.3 Å². The average molecular weight is 500 g/mol. The Hall–Kier alpha value is -4.66. The van der Waals surface area contributed by atoms with Crippen molar-refractivity contribution >= 4 is 34.7 Å². The molecule has 0 unspecified atom stereocenters. The maximum Gasteiger partial charge on any atom is 0.271 e. The molecule has 9 heteroatoms. The molecule has 2 N–H and O–H groups in total. The number of amides is 2. The molecular weight excluding hydrogens is 470 g/mol. The Bertz CT molecular complexity index is 1460. The molecule has 4 rings (SSSR count). The second kappa shape index (κ2) is 11.4. The van der Waals surface area contributed by atoms with E-state index in [-0.39, 0.29) is 18.4 Å². The number of hydrazone groups is 1. The van der Waals surface area contributed by atoms with Gasteiger partial charge in [0.25, 0.3) is 11.8 Å². The molecule has 0 atom stereocenters. The topological polar surface area (TPSA) is 107 Å². The fraction of sp³-hybridized carbons (Fsp3) is 0.214. The number of anilines is 1. The van der Waals surface area contributed by atoms with Gasteiger partial charge in [-0.05, 0) is 74.9 Å². The number of carbonyl (C=O) groups excluding carboxylic acids is 2. The van der Waals surface area contributed by atoms with Crippen molar-refractivity contribution in [3.8, 4) is 11.5 Å². The lowest BCUT2D eigenvalue weighted by Crippen LogP contribution is -2.20. The highest BCUT2D eigenvalue weighted by Gasteiger charge is 2.11. The fourth-order valence-electron chi connectivity index (χ4n) is 3.88. The van der Waals surface area contributed by atoms with E-state index in [2.05, 4.69) is 32.3 Å². The summed E-state index contributed by atoms with van der Waals surface area (Å²) in [7, 11) is 1.51. The number of ether oxygens (including phenoxy) is 2. The van der Waals surface area contributed by atoms with Crippen LogP contribution in [0, 0.1) is 13.8 Å². The van der Waals surface area contributed by atoms with Crippen molar-refractivity contribution in [3.63, 3.8) is 0 Å². The second-order valence-corrected chi connectivity index (χ2v) is 8.42. The number of imidazole rings is 1. The molecule has 0 aliphatic heterocycles. The van der Waals surface area contributed by atoms with Gasteiger partial charge in [0.05, 0.1) is 24.4 Å². The highest BCUT2D eigenvalue weighted by Crippen LogP contribution is 2.27. The molecule has 0 radical (unpaired) electrons. The third kappa shape index (κ3) is 6.13. The van der Waals surface area contributed by atoms with Crippen molar-refractivity contribution in [3.05, 3.63) is 83.2 Å². The number of fused-ring (bicyclic) bond motifs is 1. The Kier molecular flexibility index (Phi) is 7.83. The zero-order valence-electron chi connectivity index (χ0n) is 21.2. The summed E-state index contributed by atoms with van der Waals surface area (Å²) in [6.45, 7) is 6.62. The number of aryl methyl sites for hydroxylation is 3. The van der Waals surface area contributed by atoms with Gasteiger partial charge >= 0.3 is 0 Å². The zero-order valence-corrected chi connectivity index (χ0v) is 21.2. The van der Waals surface area contributed by atoms with Crippen LogP contribution in [0.2, 0.25) is 0 Å². The average Bonchev–Trinajstić information content (AvgIpc) is 3.22. The highest BCUT2D eigenvalue weighted by molar-refractivity contribution is 5.98. The van der Waals surface area contributed by atoms with E-state index in [4.69, 9.17) is 9.47 Å². The normalized spacial score (nSPS) is 11.0. The number of methoxy groups -OCH3 is 1. The molecule has 0 spiro atoms. The van der Waals surface area contributed by atoms with E-state index in [0.717, 1.165) is 29.0 Å². The fourth-order valence-corrected chi connectivity index (χ4v) is 3.88. The lowest BCUT2D eigenvalue weighted by Gasteiger charge is -2.11. The van der Waals surface area contributed by atoms with E-state index in [1.54, 1.807) is 30.3 Å². The molecule has 0 bridgehead atoms. The molecule has 0 fully saturated rings. The molecule has 9 nitrogen and oxygen atoms in total. The predicted octanol–water partition coefficient (Wildman–Crippen LogP) is 4.46. The zero-order chi connectivity index (χ0) is 26.4. The number of hydrogen-bond acceptors (Lipinski definition) is 6. The van der Waals surface area contributed by atoms with Crippen LogP contribution in [-0.2, 0) is 11.3 Å². The second-order valence-electron chi connectivity index (χ2n) is 8.42. The van der Waals surface area contributed by atoms with Gasteiger partial charge < -0.3 is 19.4 Å².